The van der Waals surface area contributed by atoms with Gasteiger partial charge in [0.25, 0.3) is 0 Å². The summed E-state index contributed by atoms with van der Waals surface area (Å²) in [5.74, 6) is 0.147. The molecule has 8 aromatic carbocycles. The maximum absolute atomic E-state index is 9.34. The molecule has 1 heterocycles. The van der Waals surface area contributed by atoms with Gasteiger partial charge in [-0.2, -0.15) is 0 Å². The first-order valence-electron chi connectivity index (χ1n) is 23.8. The molecule has 0 unspecified atom stereocenters. The molecule has 0 spiro atoms. The summed E-state index contributed by atoms with van der Waals surface area (Å²) >= 11 is 0. The zero-order valence-electron chi connectivity index (χ0n) is 43.0. The van der Waals surface area contributed by atoms with Gasteiger partial charge < -0.3 is 0 Å². The van der Waals surface area contributed by atoms with Crippen LogP contribution < -0.4 is 0 Å². The average molecular weight is 593 g/mol. The van der Waals surface area contributed by atoms with Crippen molar-refractivity contribution in [2.75, 3.05) is 0 Å². The Morgan fingerprint density at radius 2 is 1.02 bits per heavy atom. The minimum atomic E-state index is -0.810. The molecule has 9 rings (SSSR count). The van der Waals surface area contributed by atoms with E-state index in [1.165, 1.54) is 28.8 Å². The van der Waals surface area contributed by atoms with E-state index in [-0.39, 0.29) is 33.4 Å². The third kappa shape index (κ3) is 4.07. The summed E-state index contributed by atoms with van der Waals surface area (Å²) in [5, 5.41) is -2.33. The quantitative estimate of drug-likeness (QED) is 0.186. The van der Waals surface area contributed by atoms with Crippen LogP contribution in [0.4, 0.5) is 0 Å². The predicted molar refractivity (Wildman–Crippen MR) is 190 cm³/mol. The van der Waals surface area contributed by atoms with Crippen LogP contribution in [0.15, 0.2) is 169 Å². The maximum Gasteiger partial charge on any atom is 0.145 e. The van der Waals surface area contributed by atoms with Crippen LogP contribution in [0.25, 0.3) is 82.7 Å². The van der Waals surface area contributed by atoms with Crippen molar-refractivity contribution in [3.8, 4) is 39.3 Å². The summed E-state index contributed by atoms with van der Waals surface area (Å²) < 4.78 is 178. The van der Waals surface area contributed by atoms with E-state index in [1.807, 2.05) is 0 Å². The molecule has 0 aliphatic heterocycles. The predicted octanol–water partition coefficient (Wildman–Crippen LogP) is 11.5. The van der Waals surface area contributed by atoms with Gasteiger partial charge in [-0.15, -0.1) is 0 Å². The highest BCUT2D eigenvalue weighted by Gasteiger charge is 2.19. The smallest absolute Gasteiger partial charge is 0.145 e. The second-order valence-corrected chi connectivity index (χ2v) is 10.1. The third-order valence-corrected chi connectivity index (χ3v) is 7.64. The first kappa shape index (κ1) is 12.6. The molecule has 0 amide bonds. The van der Waals surface area contributed by atoms with Gasteiger partial charge >= 0.3 is 0 Å². The van der Waals surface area contributed by atoms with E-state index < -0.39 is 154 Å². The highest BCUT2D eigenvalue weighted by molar-refractivity contribution is 6.23. The monoisotopic (exact) mass is 592 g/mol. The number of hydrogen-bond acceptors (Lipinski definition) is 1. The molecule has 0 N–H and O–H groups in total. The molecule has 0 atom stereocenters. The Morgan fingerprint density at radius 1 is 0.467 bits per heavy atom. The minimum absolute atomic E-state index is 0.107. The Labute approximate surface area is 289 Å². The SMILES string of the molecule is [2H]c1c([2H])c([2H])c(-n2c(-c3ccc(-c4c5c([2H])c([2H])c([2H])c([2H])c5c(-c5c([2H])c([2H])c([2H])c6c([2H])c([2H])c([2H])c([2H])c56)c5c([2H])c([2H])c([2H])c([2H])c45)cc3)nc3ccccc32)c([2H])c1[2H]. The largest absolute Gasteiger partial charge is 0.292 e. The van der Waals surface area contributed by atoms with Gasteiger partial charge in [0.2, 0.25) is 0 Å². The Morgan fingerprint density at radius 3 is 1.73 bits per heavy atom. The van der Waals surface area contributed by atoms with E-state index in [9.17, 15) is 6.85 Å². The van der Waals surface area contributed by atoms with Crippen molar-refractivity contribution in [3.05, 3.63) is 169 Å². The van der Waals surface area contributed by atoms with Gasteiger partial charge in [0, 0.05) is 11.3 Å². The summed E-state index contributed by atoms with van der Waals surface area (Å²) in [6, 6.07) is -1.08. The number of nitrogens with zero attached hydrogens (tertiary/aromatic N) is 2. The van der Waals surface area contributed by atoms with Crippen LogP contribution in [0.1, 0.15) is 27.4 Å². The molecule has 210 valence electrons. The molecular formula is C43H28N2. The standard InChI is InChI=1S/C43H28N2/c1-2-15-32(16-3-1)45-40-24-11-10-23-39(40)44-43(45)31-27-25-30(26-28-31)41-35-18-6-8-20-37(35)42(38-21-9-7-19-36(38)41)34-22-12-14-29-13-4-5-17-33(29)34/h1-28H/i1D,2D,3D,4D,5D,6D,7D,8D,9D,12D,13D,14D,15D,16D,17D,18D,19D,20D,21D,22D. The van der Waals surface area contributed by atoms with Crippen molar-refractivity contribution >= 4 is 43.4 Å². The molecule has 2 nitrogen and oxygen atoms in total. The highest BCUT2D eigenvalue weighted by atomic mass is 15.1. The molecular weight excluding hydrogens is 544 g/mol. The maximum atomic E-state index is 9.34. The van der Waals surface area contributed by atoms with E-state index in [4.69, 9.17) is 25.5 Å². The first-order valence-corrected chi connectivity index (χ1v) is 13.8. The van der Waals surface area contributed by atoms with E-state index in [1.54, 1.807) is 24.3 Å². The Bertz CT molecular complexity index is 3540. The van der Waals surface area contributed by atoms with Crippen LogP contribution in [-0.2, 0) is 0 Å². The number of para-hydroxylation sites is 3. The van der Waals surface area contributed by atoms with Crippen molar-refractivity contribution in [2.45, 2.75) is 0 Å². The van der Waals surface area contributed by atoms with E-state index >= 15 is 0 Å². The summed E-state index contributed by atoms with van der Waals surface area (Å²) in [6.07, 6.45) is 0. The zero-order chi connectivity index (χ0) is 47.1. The first-order chi connectivity index (χ1) is 30.6. The fraction of sp³-hybridized carbons (Fsp3) is 0. The van der Waals surface area contributed by atoms with Gasteiger partial charge in [-0.3, -0.25) is 4.57 Å². The zero-order valence-corrected chi connectivity index (χ0v) is 23.0. The van der Waals surface area contributed by atoms with Crippen LogP contribution in [0.3, 0.4) is 0 Å². The summed E-state index contributed by atoms with van der Waals surface area (Å²) in [5.41, 5.74) is 0.0819. The molecule has 9 aromatic rings. The molecule has 45 heavy (non-hydrogen) atoms. The molecule has 0 aliphatic carbocycles. The van der Waals surface area contributed by atoms with Crippen LogP contribution >= 0.6 is 0 Å². The van der Waals surface area contributed by atoms with Crippen molar-refractivity contribution < 1.29 is 27.4 Å². The number of benzene rings is 8. The van der Waals surface area contributed by atoms with Gasteiger partial charge in [0.15, 0.2) is 0 Å². The lowest BCUT2D eigenvalue weighted by atomic mass is 9.84. The van der Waals surface area contributed by atoms with Crippen molar-refractivity contribution in [1.29, 1.82) is 0 Å². The van der Waals surface area contributed by atoms with Crippen LogP contribution in [0, 0.1) is 0 Å². The number of hydrogen-bond donors (Lipinski definition) is 0. The summed E-state index contributed by atoms with van der Waals surface area (Å²) in [6.45, 7) is 0. The van der Waals surface area contributed by atoms with E-state index in [0.29, 0.717) is 16.6 Å². The number of aromatic nitrogens is 2. The van der Waals surface area contributed by atoms with Gasteiger partial charge in [0.1, 0.15) is 5.82 Å². The number of imidazole rings is 1. The topological polar surface area (TPSA) is 17.8 Å². The molecule has 0 fully saturated rings. The lowest BCUT2D eigenvalue weighted by Gasteiger charge is -2.19. The molecule has 0 aliphatic rings. The van der Waals surface area contributed by atoms with Crippen molar-refractivity contribution in [1.82, 2.24) is 9.55 Å². The van der Waals surface area contributed by atoms with E-state index in [2.05, 4.69) is 0 Å². The highest BCUT2D eigenvalue weighted by Crippen LogP contribution is 2.45. The van der Waals surface area contributed by atoms with Crippen molar-refractivity contribution in [3.63, 3.8) is 0 Å². The van der Waals surface area contributed by atoms with E-state index in [0.717, 1.165) is 0 Å². The molecule has 1 aromatic heterocycles. The fourth-order valence-electron chi connectivity index (χ4n) is 5.75. The van der Waals surface area contributed by atoms with Gasteiger partial charge in [-0.25, -0.2) is 4.98 Å². The Balaban J connectivity index is 1.46. The lowest BCUT2D eigenvalue weighted by molar-refractivity contribution is 1.10. The normalized spacial score (nSPS) is 17.8. The lowest BCUT2D eigenvalue weighted by Crippen LogP contribution is -1.97. The third-order valence-electron chi connectivity index (χ3n) is 7.64. The molecule has 0 saturated heterocycles. The van der Waals surface area contributed by atoms with Crippen LogP contribution in [0.2, 0.25) is 0 Å². The molecule has 0 radical (unpaired) electrons. The van der Waals surface area contributed by atoms with Crippen LogP contribution in [0.5, 0.6) is 0 Å². The molecule has 0 bridgehead atoms. The fourth-order valence-corrected chi connectivity index (χ4v) is 5.75. The van der Waals surface area contributed by atoms with Crippen molar-refractivity contribution in [2.24, 2.45) is 0 Å². The average Bonchev–Trinajstić information content (AvgIpc) is 3.68. The molecule has 0 saturated carbocycles. The Hall–Kier alpha value is -5.99. The second kappa shape index (κ2) is 10.3. The number of rotatable bonds is 4. The number of fused-ring (bicyclic) bond motifs is 4. The van der Waals surface area contributed by atoms with Crippen LogP contribution in [-0.4, -0.2) is 9.55 Å². The second-order valence-electron chi connectivity index (χ2n) is 10.1. The van der Waals surface area contributed by atoms with Gasteiger partial charge in [0.05, 0.1) is 38.4 Å². The summed E-state index contributed by atoms with van der Waals surface area (Å²) in [7, 11) is 0. The Kier molecular flexibility index (Phi) is 2.88. The summed E-state index contributed by atoms with van der Waals surface area (Å²) in [4.78, 5) is 4.76. The van der Waals surface area contributed by atoms with Gasteiger partial charge in [-0.05, 0) is 78.8 Å². The molecule has 2 heteroatoms. The minimum Gasteiger partial charge on any atom is -0.292 e. The van der Waals surface area contributed by atoms with Gasteiger partial charge in [-0.1, -0.05) is 145 Å².